The fraction of sp³-hybridized carbons (Fsp3) is 0.227. The van der Waals surface area contributed by atoms with Crippen LogP contribution in [0.25, 0.3) is 10.9 Å². The molecule has 0 spiro atoms. The van der Waals surface area contributed by atoms with E-state index >= 15 is 0 Å². The molecule has 0 bridgehead atoms. The molecule has 6 N–H and O–H groups in total. The summed E-state index contributed by atoms with van der Waals surface area (Å²) in [6.07, 6.45) is 3.92. The van der Waals surface area contributed by atoms with Crippen LogP contribution in [0.3, 0.4) is 0 Å². The molecule has 3 aromatic rings. The maximum atomic E-state index is 12.5. The van der Waals surface area contributed by atoms with Crippen molar-refractivity contribution < 1.29 is 24.1 Å². The molecule has 3 rings (SSSR count). The highest BCUT2D eigenvalue weighted by Crippen LogP contribution is 2.31. The van der Waals surface area contributed by atoms with E-state index in [4.69, 9.17) is 25.7 Å². The smallest absolute Gasteiger partial charge is 0.315 e. The summed E-state index contributed by atoms with van der Waals surface area (Å²) in [4.78, 5) is 15.7. The number of rotatable bonds is 9. The zero-order chi connectivity index (χ0) is 23.1. The molecule has 0 amide bonds. The van der Waals surface area contributed by atoms with Crippen LogP contribution in [0.2, 0.25) is 0 Å². The average Bonchev–Trinajstić information content (AvgIpc) is 3.17. The maximum Gasteiger partial charge on any atom is 0.315 e. The number of methoxy groups -OCH3 is 2. The largest absolute Gasteiger partial charge is 0.496 e. The van der Waals surface area contributed by atoms with Crippen molar-refractivity contribution in [2.75, 3.05) is 14.2 Å². The number of hydrogen-bond donors (Lipinski definition) is 4. The van der Waals surface area contributed by atoms with Crippen molar-refractivity contribution in [3.63, 3.8) is 0 Å². The van der Waals surface area contributed by atoms with Gasteiger partial charge in [0.15, 0.2) is 0 Å². The summed E-state index contributed by atoms with van der Waals surface area (Å²) < 4.78 is 16.1. The number of H-pyrrole nitrogens is 1. The van der Waals surface area contributed by atoms with Gasteiger partial charge in [-0.05, 0) is 41.5 Å². The number of aliphatic hydroxyl groups is 1. The normalized spacial score (nSPS) is 11.0. The predicted molar refractivity (Wildman–Crippen MR) is 121 cm³/mol. The third-order valence-electron chi connectivity index (χ3n) is 4.71. The van der Waals surface area contributed by atoms with Crippen LogP contribution in [-0.2, 0) is 24.2 Å². The molecular weight excluding hydrogens is 414 g/mol. The summed E-state index contributed by atoms with van der Waals surface area (Å²) in [7, 11) is 2.98. The summed E-state index contributed by atoms with van der Waals surface area (Å²) in [5, 5.41) is 17.8. The SMILES string of the molecule is COc1cc(CC(=O)Oc2ccc3[nH]cc(CC=NN=C(N)N)c3c2)cc(OC)c1CO. The van der Waals surface area contributed by atoms with Gasteiger partial charge in [0.05, 0.1) is 32.8 Å². The molecule has 0 aliphatic rings. The Kier molecular flexibility index (Phi) is 7.29. The molecule has 10 nitrogen and oxygen atoms in total. The number of nitrogens with two attached hydrogens (primary N) is 2. The Morgan fingerprint density at radius 2 is 1.88 bits per heavy atom. The van der Waals surface area contributed by atoms with Gasteiger partial charge in [0.2, 0.25) is 5.96 Å². The first kappa shape index (κ1) is 22.6. The number of nitrogens with zero attached hydrogens (tertiary/aromatic N) is 2. The van der Waals surface area contributed by atoms with Crippen LogP contribution in [0, 0.1) is 0 Å². The molecule has 0 aliphatic heterocycles. The second-order valence-corrected chi connectivity index (χ2v) is 6.84. The van der Waals surface area contributed by atoms with Gasteiger partial charge < -0.3 is 35.8 Å². The highest BCUT2D eigenvalue weighted by molar-refractivity contribution is 5.88. The standard InChI is InChI=1S/C22H25N5O5/c1-30-19-7-13(8-20(31-2)17(19)12-28)9-21(29)32-15-3-4-18-16(10-15)14(11-25-18)5-6-26-27-22(23)24/h3-4,6-8,10-11,25,28H,5,9,12H2,1-2H3,(H4,23,24,27). The highest BCUT2D eigenvalue weighted by atomic mass is 16.5. The summed E-state index contributed by atoms with van der Waals surface area (Å²) >= 11 is 0. The van der Waals surface area contributed by atoms with Gasteiger partial charge in [-0.1, -0.05) is 0 Å². The van der Waals surface area contributed by atoms with E-state index in [1.807, 2.05) is 12.3 Å². The fourth-order valence-corrected chi connectivity index (χ4v) is 3.27. The molecule has 2 aromatic carbocycles. The van der Waals surface area contributed by atoms with Gasteiger partial charge in [0.1, 0.15) is 17.2 Å². The van der Waals surface area contributed by atoms with E-state index in [1.165, 1.54) is 14.2 Å². The number of carbonyl (C=O) groups is 1. The summed E-state index contributed by atoms with van der Waals surface area (Å²) in [5.41, 5.74) is 13.5. The number of aromatic amines is 1. The number of aromatic nitrogens is 1. The molecule has 0 saturated carbocycles. The van der Waals surface area contributed by atoms with Crippen LogP contribution in [0.4, 0.5) is 0 Å². The number of esters is 1. The number of carbonyl (C=O) groups excluding carboxylic acids is 1. The highest BCUT2D eigenvalue weighted by Gasteiger charge is 2.15. The lowest BCUT2D eigenvalue weighted by atomic mass is 10.1. The first-order valence-electron chi connectivity index (χ1n) is 9.71. The molecule has 0 fully saturated rings. The molecule has 0 unspecified atom stereocenters. The summed E-state index contributed by atoms with van der Waals surface area (Å²) in [6.45, 7) is -0.243. The third-order valence-corrected chi connectivity index (χ3v) is 4.71. The number of aliphatic hydroxyl groups excluding tert-OH is 1. The lowest BCUT2D eigenvalue weighted by Crippen LogP contribution is -2.21. The van der Waals surface area contributed by atoms with E-state index in [2.05, 4.69) is 15.2 Å². The van der Waals surface area contributed by atoms with Gasteiger partial charge in [-0.3, -0.25) is 4.79 Å². The Balaban J connectivity index is 1.75. The van der Waals surface area contributed by atoms with E-state index < -0.39 is 5.97 Å². The van der Waals surface area contributed by atoms with Crippen LogP contribution in [0.5, 0.6) is 17.2 Å². The van der Waals surface area contributed by atoms with Crippen molar-refractivity contribution in [2.45, 2.75) is 19.4 Å². The Morgan fingerprint density at radius 1 is 1.16 bits per heavy atom. The Bertz CT molecular complexity index is 1140. The lowest BCUT2D eigenvalue weighted by molar-refractivity contribution is -0.133. The van der Waals surface area contributed by atoms with Crippen molar-refractivity contribution in [1.29, 1.82) is 0 Å². The molecular formula is C22H25N5O5. The minimum atomic E-state index is -0.448. The van der Waals surface area contributed by atoms with Gasteiger partial charge in [-0.15, -0.1) is 5.10 Å². The zero-order valence-electron chi connectivity index (χ0n) is 17.8. The van der Waals surface area contributed by atoms with Crippen molar-refractivity contribution in [1.82, 2.24) is 4.98 Å². The second-order valence-electron chi connectivity index (χ2n) is 6.84. The number of guanidine groups is 1. The van der Waals surface area contributed by atoms with Gasteiger partial charge in [0, 0.05) is 29.7 Å². The first-order chi connectivity index (χ1) is 15.4. The molecule has 0 atom stereocenters. The molecule has 168 valence electrons. The maximum absolute atomic E-state index is 12.5. The molecule has 0 saturated heterocycles. The number of benzene rings is 2. The quantitative estimate of drug-likeness (QED) is 0.130. The molecule has 0 radical (unpaired) electrons. The second kappa shape index (κ2) is 10.3. The van der Waals surface area contributed by atoms with E-state index in [9.17, 15) is 9.90 Å². The van der Waals surface area contributed by atoms with Crippen LogP contribution in [0.1, 0.15) is 16.7 Å². The first-order valence-corrected chi connectivity index (χ1v) is 9.71. The lowest BCUT2D eigenvalue weighted by Gasteiger charge is -2.13. The Hall–Kier alpha value is -4.05. The minimum Gasteiger partial charge on any atom is -0.496 e. The number of ether oxygens (including phenoxy) is 3. The topological polar surface area (TPSA) is 158 Å². The summed E-state index contributed by atoms with van der Waals surface area (Å²) in [5.74, 6) is 0.730. The third kappa shape index (κ3) is 5.35. The molecule has 10 heteroatoms. The predicted octanol–water partition coefficient (Wildman–Crippen LogP) is 1.63. The van der Waals surface area contributed by atoms with Gasteiger partial charge >= 0.3 is 5.97 Å². The van der Waals surface area contributed by atoms with Crippen molar-refractivity contribution >= 4 is 29.0 Å². The number of fused-ring (bicyclic) bond motifs is 1. The van der Waals surface area contributed by atoms with E-state index in [-0.39, 0.29) is 19.0 Å². The average molecular weight is 439 g/mol. The van der Waals surface area contributed by atoms with Crippen molar-refractivity contribution in [2.24, 2.45) is 21.7 Å². The van der Waals surface area contributed by atoms with E-state index in [1.54, 1.807) is 30.5 Å². The number of hydrogen-bond acceptors (Lipinski definition) is 7. The molecule has 32 heavy (non-hydrogen) atoms. The van der Waals surface area contributed by atoms with Gasteiger partial charge in [-0.2, -0.15) is 5.10 Å². The van der Waals surface area contributed by atoms with Crippen LogP contribution in [-0.4, -0.2) is 42.5 Å². The van der Waals surface area contributed by atoms with E-state index in [0.717, 1.165) is 16.5 Å². The van der Waals surface area contributed by atoms with E-state index in [0.29, 0.717) is 34.8 Å². The van der Waals surface area contributed by atoms with Gasteiger partial charge in [0.25, 0.3) is 0 Å². The Labute approximate surface area is 184 Å². The molecule has 1 heterocycles. The van der Waals surface area contributed by atoms with Crippen molar-refractivity contribution in [3.05, 3.63) is 53.2 Å². The van der Waals surface area contributed by atoms with Crippen molar-refractivity contribution in [3.8, 4) is 17.2 Å². The minimum absolute atomic E-state index is 0.00162. The van der Waals surface area contributed by atoms with Crippen LogP contribution in [0.15, 0.2) is 46.7 Å². The summed E-state index contributed by atoms with van der Waals surface area (Å²) in [6, 6.07) is 8.68. The van der Waals surface area contributed by atoms with Gasteiger partial charge in [-0.25, -0.2) is 0 Å². The van der Waals surface area contributed by atoms with Crippen LogP contribution < -0.4 is 25.7 Å². The fourth-order valence-electron chi connectivity index (χ4n) is 3.27. The number of nitrogens with one attached hydrogen (secondary N) is 1. The zero-order valence-corrected chi connectivity index (χ0v) is 17.8. The van der Waals surface area contributed by atoms with Crippen LogP contribution >= 0.6 is 0 Å². The monoisotopic (exact) mass is 439 g/mol. The Morgan fingerprint density at radius 3 is 2.50 bits per heavy atom. The molecule has 0 aliphatic carbocycles. The molecule has 1 aromatic heterocycles.